The number of rotatable bonds is 1. The van der Waals surface area contributed by atoms with Crippen LogP contribution in [-0.4, -0.2) is 23.9 Å². The number of carbonyl (C=O) groups is 1. The van der Waals surface area contributed by atoms with Crippen LogP contribution in [0.5, 0.6) is 5.75 Å². The number of thiophene rings is 1. The van der Waals surface area contributed by atoms with E-state index in [-0.39, 0.29) is 5.91 Å². The van der Waals surface area contributed by atoms with Crippen molar-refractivity contribution < 1.29 is 9.53 Å². The number of para-hydroxylation sites is 1. The van der Waals surface area contributed by atoms with Gasteiger partial charge in [0, 0.05) is 24.2 Å². The highest BCUT2D eigenvalue weighted by molar-refractivity contribution is 7.17. The maximum Gasteiger partial charge on any atom is 0.257 e. The van der Waals surface area contributed by atoms with Gasteiger partial charge in [0.2, 0.25) is 0 Å². The number of hydrogen-bond donors (Lipinski definition) is 1. The molecule has 0 atom stereocenters. The number of benzene rings is 1. The maximum absolute atomic E-state index is 12.8. The number of nitrogens with zero attached hydrogens (tertiary/aromatic N) is 1. The van der Waals surface area contributed by atoms with E-state index in [1.54, 1.807) is 0 Å². The van der Waals surface area contributed by atoms with E-state index in [2.05, 4.69) is 0 Å². The summed E-state index contributed by atoms with van der Waals surface area (Å²) in [5, 5.41) is 0.609. The molecule has 108 valence electrons. The molecule has 1 aromatic carbocycles. The molecule has 2 aliphatic rings. The minimum absolute atomic E-state index is 0.0687. The van der Waals surface area contributed by atoms with E-state index >= 15 is 0 Å². The monoisotopic (exact) mass is 300 g/mol. The van der Waals surface area contributed by atoms with Gasteiger partial charge < -0.3 is 15.4 Å². The van der Waals surface area contributed by atoms with Crippen molar-refractivity contribution in [2.75, 3.05) is 18.8 Å². The van der Waals surface area contributed by atoms with Gasteiger partial charge in [0.05, 0.1) is 15.4 Å². The molecule has 21 heavy (non-hydrogen) atoms. The molecule has 1 fully saturated rings. The third kappa shape index (κ3) is 1.92. The molecule has 0 unspecified atom stereocenters. The molecule has 4 nitrogen and oxygen atoms in total. The highest BCUT2D eigenvalue weighted by Crippen LogP contribution is 2.46. The van der Waals surface area contributed by atoms with Crippen molar-refractivity contribution in [2.45, 2.75) is 19.4 Å². The minimum Gasteiger partial charge on any atom is -0.487 e. The molecule has 2 aliphatic heterocycles. The average molecular weight is 300 g/mol. The molecular weight excluding hydrogens is 284 g/mol. The zero-order valence-corrected chi connectivity index (χ0v) is 12.4. The number of nitrogens with two attached hydrogens (primary N) is 1. The number of anilines is 1. The van der Waals surface area contributed by atoms with Gasteiger partial charge in [0.1, 0.15) is 12.4 Å². The van der Waals surface area contributed by atoms with Crippen LogP contribution in [0.4, 0.5) is 5.00 Å². The van der Waals surface area contributed by atoms with Crippen molar-refractivity contribution in [3.05, 3.63) is 34.7 Å². The number of fused-ring (bicyclic) bond motifs is 3. The Morgan fingerprint density at radius 2 is 2.00 bits per heavy atom. The fourth-order valence-corrected chi connectivity index (χ4v) is 4.11. The van der Waals surface area contributed by atoms with Gasteiger partial charge in [-0.05, 0) is 18.9 Å². The molecular formula is C16H16N2O2S. The molecule has 0 spiro atoms. The summed E-state index contributed by atoms with van der Waals surface area (Å²) in [6.45, 7) is 2.16. The lowest BCUT2D eigenvalue weighted by molar-refractivity contribution is 0.0795. The second-order valence-electron chi connectivity index (χ2n) is 5.42. The van der Waals surface area contributed by atoms with Crippen molar-refractivity contribution in [1.82, 2.24) is 4.90 Å². The van der Waals surface area contributed by atoms with Gasteiger partial charge in [-0.2, -0.15) is 0 Å². The summed E-state index contributed by atoms with van der Waals surface area (Å²) in [5.41, 5.74) is 8.80. The Morgan fingerprint density at radius 3 is 2.81 bits per heavy atom. The highest BCUT2D eigenvalue weighted by Gasteiger charge is 2.31. The first-order valence-electron chi connectivity index (χ1n) is 7.18. The average Bonchev–Trinajstić information content (AvgIpc) is 3.13. The van der Waals surface area contributed by atoms with Gasteiger partial charge in [0.15, 0.2) is 0 Å². The Morgan fingerprint density at radius 1 is 1.24 bits per heavy atom. The first-order valence-corrected chi connectivity index (χ1v) is 8.00. The highest BCUT2D eigenvalue weighted by atomic mass is 32.1. The number of ether oxygens (including phenoxy) is 1. The van der Waals surface area contributed by atoms with E-state index in [0.29, 0.717) is 17.2 Å². The van der Waals surface area contributed by atoms with Gasteiger partial charge in [-0.3, -0.25) is 4.79 Å². The molecule has 2 N–H and O–H groups in total. The predicted molar refractivity (Wildman–Crippen MR) is 83.6 cm³/mol. The summed E-state index contributed by atoms with van der Waals surface area (Å²) in [7, 11) is 0. The third-order valence-electron chi connectivity index (χ3n) is 4.13. The molecule has 0 bridgehead atoms. The van der Waals surface area contributed by atoms with E-state index in [0.717, 1.165) is 47.7 Å². The number of amides is 1. The fourth-order valence-electron chi connectivity index (χ4n) is 3.12. The normalized spacial score (nSPS) is 16.3. The van der Waals surface area contributed by atoms with Crippen LogP contribution in [0.25, 0.3) is 11.1 Å². The van der Waals surface area contributed by atoms with Crippen LogP contribution in [0.1, 0.15) is 28.1 Å². The number of carbonyl (C=O) groups excluding carboxylic acids is 1. The molecule has 1 aromatic heterocycles. The standard InChI is InChI=1S/C16H16N2O2S/c17-15-14(16(19)18-7-3-4-8-18)13-10-5-1-2-6-11(10)20-9-12(13)21-15/h1-2,5-6H,3-4,7-9,17H2. The third-order valence-corrected chi connectivity index (χ3v) is 5.12. The summed E-state index contributed by atoms with van der Waals surface area (Å²) < 4.78 is 5.75. The van der Waals surface area contributed by atoms with Gasteiger partial charge in [-0.15, -0.1) is 11.3 Å². The fraction of sp³-hybridized carbons (Fsp3) is 0.312. The first-order chi connectivity index (χ1) is 10.3. The van der Waals surface area contributed by atoms with E-state index in [9.17, 15) is 4.79 Å². The number of likely N-dealkylation sites (tertiary alicyclic amines) is 1. The molecule has 3 heterocycles. The SMILES string of the molecule is Nc1sc2c(c1C(=O)N1CCCC1)-c1ccccc1OC2. The zero-order valence-electron chi connectivity index (χ0n) is 11.6. The van der Waals surface area contributed by atoms with Crippen molar-refractivity contribution in [3.63, 3.8) is 0 Å². The van der Waals surface area contributed by atoms with E-state index in [1.165, 1.54) is 11.3 Å². The zero-order chi connectivity index (χ0) is 14.4. The summed E-state index contributed by atoms with van der Waals surface area (Å²) in [5.74, 6) is 0.900. The van der Waals surface area contributed by atoms with Crippen molar-refractivity contribution in [1.29, 1.82) is 0 Å². The Hall–Kier alpha value is -2.01. The lowest BCUT2D eigenvalue weighted by atomic mass is 9.98. The smallest absolute Gasteiger partial charge is 0.257 e. The second-order valence-corrected chi connectivity index (χ2v) is 6.56. The van der Waals surface area contributed by atoms with Crippen molar-refractivity contribution >= 4 is 22.2 Å². The van der Waals surface area contributed by atoms with Crippen LogP contribution < -0.4 is 10.5 Å². The Labute approximate surface area is 127 Å². The molecule has 0 aliphatic carbocycles. The summed E-state index contributed by atoms with van der Waals surface area (Å²) in [6, 6.07) is 7.85. The Bertz CT molecular complexity index is 717. The topological polar surface area (TPSA) is 55.6 Å². The van der Waals surface area contributed by atoms with Gasteiger partial charge >= 0.3 is 0 Å². The molecule has 2 aromatic rings. The van der Waals surface area contributed by atoms with Gasteiger partial charge in [0.25, 0.3) is 5.91 Å². The van der Waals surface area contributed by atoms with Crippen molar-refractivity contribution in [3.8, 4) is 16.9 Å². The van der Waals surface area contributed by atoms with Crippen LogP contribution >= 0.6 is 11.3 Å². The van der Waals surface area contributed by atoms with Crippen LogP contribution in [0.3, 0.4) is 0 Å². The summed E-state index contributed by atoms with van der Waals surface area (Å²) >= 11 is 1.47. The van der Waals surface area contributed by atoms with Crippen LogP contribution in [0, 0.1) is 0 Å². The molecule has 4 rings (SSSR count). The molecule has 1 amide bonds. The predicted octanol–water partition coefficient (Wildman–Crippen LogP) is 3.13. The molecule has 0 saturated carbocycles. The lowest BCUT2D eigenvalue weighted by Crippen LogP contribution is -2.28. The van der Waals surface area contributed by atoms with Crippen LogP contribution in [0.2, 0.25) is 0 Å². The second kappa shape index (κ2) is 4.77. The first kappa shape index (κ1) is 12.7. The van der Waals surface area contributed by atoms with E-state index in [4.69, 9.17) is 10.5 Å². The molecule has 0 radical (unpaired) electrons. The Kier molecular flexibility index (Phi) is 2.89. The van der Waals surface area contributed by atoms with E-state index in [1.807, 2.05) is 29.2 Å². The quantitative estimate of drug-likeness (QED) is 0.880. The van der Waals surface area contributed by atoms with E-state index < -0.39 is 0 Å². The summed E-state index contributed by atoms with van der Waals surface area (Å²) in [6.07, 6.45) is 2.16. The van der Waals surface area contributed by atoms with Gasteiger partial charge in [-0.1, -0.05) is 18.2 Å². The number of nitrogen functional groups attached to an aromatic ring is 1. The van der Waals surface area contributed by atoms with Crippen LogP contribution in [-0.2, 0) is 6.61 Å². The van der Waals surface area contributed by atoms with Crippen molar-refractivity contribution in [2.24, 2.45) is 0 Å². The molecule has 1 saturated heterocycles. The lowest BCUT2D eigenvalue weighted by Gasteiger charge is -2.20. The van der Waals surface area contributed by atoms with Gasteiger partial charge in [-0.25, -0.2) is 0 Å². The minimum atomic E-state index is 0.0687. The number of hydrogen-bond acceptors (Lipinski definition) is 4. The maximum atomic E-state index is 12.8. The summed E-state index contributed by atoms with van der Waals surface area (Å²) in [4.78, 5) is 15.8. The Balaban J connectivity index is 1.87. The largest absolute Gasteiger partial charge is 0.487 e. The molecule has 5 heteroatoms. The van der Waals surface area contributed by atoms with Crippen LogP contribution in [0.15, 0.2) is 24.3 Å².